The van der Waals surface area contributed by atoms with Gasteiger partial charge < -0.3 is 24.8 Å². The minimum Gasteiger partial charge on any atom is -0.379 e. The molecule has 0 rings (SSSR count). The molecule has 0 aliphatic rings. The van der Waals surface area contributed by atoms with Crippen LogP contribution < -0.4 is 10.6 Å². The Morgan fingerprint density at radius 3 is 1.96 bits per heavy atom. The number of carbonyl (C=O) groups is 3. The maximum Gasteiger partial charge on any atom is 0.222 e. The van der Waals surface area contributed by atoms with Crippen molar-refractivity contribution in [1.29, 1.82) is 0 Å². The Labute approximate surface area is 159 Å². The van der Waals surface area contributed by atoms with Gasteiger partial charge in [0, 0.05) is 34.2 Å². The van der Waals surface area contributed by atoms with E-state index < -0.39 is 0 Å². The molecule has 0 spiro atoms. The van der Waals surface area contributed by atoms with E-state index >= 15 is 0 Å². The molecule has 0 aromatic rings. The summed E-state index contributed by atoms with van der Waals surface area (Å²) in [6, 6.07) is 0. The summed E-state index contributed by atoms with van der Waals surface area (Å²) in [6.45, 7) is 10.1. The summed E-state index contributed by atoms with van der Waals surface area (Å²) in [5.41, 5.74) is 0. The Balaban J connectivity index is -0.00000312. The van der Waals surface area contributed by atoms with Crippen LogP contribution in [0, 0.1) is 11.8 Å². The van der Waals surface area contributed by atoms with E-state index in [1.54, 1.807) is 0 Å². The molecule has 2 amide bonds. The van der Waals surface area contributed by atoms with Crippen LogP contribution in [0.1, 0.15) is 37.0 Å². The SMILES string of the molecule is CC(C)C(=O)COCCNC(=O)CCOCCOCCNC(=O)C(C)C.[HH].[HH]. The Kier molecular flexibility index (Phi) is 14.8. The van der Waals surface area contributed by atoms with Gasteiger partial charge in [0.05, 0.1) is 33.0 Å². The molecule has 0 saturated carbocycles. The van der Waals surface area contributed by atoms with Gasteiger partial charge in [-0.1, -0.05) is 27.7 Å². The van der Waals surface area contributed by atoms with E-state index in [9.17, 15) is 14.4 Å². The Hall–Kier alpha value is -1.51. The molecule has 0 aliphatic carbocycles. The molecule has 0 aromatic heterocycles. The molecule has 0 fully saturated rings. The zero-order valence-electron chi connectivity index (χ0n) is 16.5. The van der Waals surface area contributed by atoms with Crippen molar-refractivity contribution in [2.24, 2.45) is 11.8 Å². The van der Waals surface area contributed by atoms with Crippen LogP contribution in [-0.4, -0.2) is 70.3 Å². The lowest BCUT2D eigenvalue weighted by Crippen LogP contribution is -2.31. The monoisotopic (exact) mass is 378 g/mol. The van der Waals surface area contributed by atoms with Crippen molar-refractivity contribution in [3.63, 3.8) is 0 Å². The minimum absolute atomic E-state index is 0. The molecule has 8 nitrogen and oxygen atoms in total. The van der Waals surface area contributed by atoms with Crippen LogP contribution >= 0.6 is 0 Å². The second-order valence-electron chi connectivity index (χ2n) is 6.44. The molecule has 0 aromatic carbocycles. The summed E-state index contributed by atoms with van der Waals surface area (Å²) in [4.78, 5) is 34.2. The van der Waals surface area contributed by atoms with Crippen LogP contribution in [0.3, 0.4) is 0 Å². The highest BCUT2D eigenvalue weighted by Crippen LogP contribution is 1.94. The third-order valence-corrected chi connectivity index (χ3v) is 3.37. The molecule has 0 unspecified atom stereocenters. The first-order chi connectivity index (χ1) is 12.3. The van der Waals surface area contributed by atoms with Gasteiger partial charge >= 0.3 is 0 Å². The molecule has 0 bridgehead atoms. The van der Waals surface area contributed by atoms with E-state index in [1.807, 2.05) is 27.7 Å². The molecular weight excluding hydrogens is 340 g/mol. The smallest absolute Gasteiger partial charge is 0.222 e. The molecule has 2 N–H and O–H groups in total. The molecule has 0 saturated heterocycles. The fourth-order valence-corrected chi connectivity index (χ4v) is 1.63. The van der Waals surface area contributed by atoms with Crippen LogP contribution in [0.5, 0.6) is 0 Å². The average Bonchev–Trinajstić information content (AvgIpc) is 2.59. The number of hydrogen-bond acceptors (Lipinski definition) is 6. The second kappa shape index (κ2) is 15.7. The summed E-state index contributed by atoms with van der Waals surface area (Å²) in [5, 5.41) is 5.45. The van der Waals surface area contributed by atoms with Crippen molar-refractivity contribution in [2.45, 2.75) is 34.1 Å². The Bertz CT molecular complexity index is 423. The molecule has 0 atom stereocenters. The largest absolute Gasteiger partial charge is 0.379 e. The fraction of sp³-hybridized carbons (Fsp3) is 0.833. The van der Waals surface area contributed by atoms with Gasteiger partial charge in [0.15, 0.2) is 5.78 Å². The first kappa shape index (κ1) is 24.5. The molecule has 0 aliphatic heterocycles. The lowest BCUT2D eigenvalue weighted by molar-refractivity contribution is -0.126. The maximum absolute atomic E-state index is 11.6. The topological polar surface area (TPSA) is 103 Å². The molecule has 26 heavy (non-hydrogen) atoms. The van der Waals surface area contributed by atoms with Gasteiger partial charge in [0.25, 0.3) is 0 Å². The number of carbonyl (C=O) groups excluding carboxylic acids is 3. The average molecular weight is 379 g/mol. The van der Waals surface area contributed by atoms with Crippen LogP contribution in [0.25, 0.3) is 0 Å². The van der Waals surface area contributed by atoms with Crippen molar-refractivity contribution >= 4 is 17.6 Å². The van der Waals surface area contributed by atoms with Crippen molar-refractivity contribution in [2.75, 3.05) is 52.7 Å². The lowest BCUT2D eigenvalue weighted by atomic mass is 10.1. The van der Waals surface area contributed by atoms with Gasteiger partial charge in [0.2, 0.25) is 11.8 Å². The number of ketones is 1. The van der Waals surface area contributed by atoms with Crippen LogP contribution in [0.4, 0.5) is 0 Å². The normalized spacial score (nSPS) is 11.0. The highest BCUT2D eigenvalue weighted by molar-refractivity contribution is 5.81. The molecule has 0 radical (unpaired) electrons. The van der Waals surface area contributed by atoms with Crippen molar-refractivity contribution < 1.29 is 31.4 Å². The number of Topliss-reactive ketones (excluding diaryl/α,β-unsaturated/α-hetero) is 1. The summed E-state index contributed by atoms with van der Waals surface area (Å²) in [5.74, 6) is -0.133. The first-order valence-corrected chi connectivity index (χ1v) is 9.15. The molecular formula is C18H38N2O6. The van der Waals surface area contributed by atoms with E-state index in [4.69, 9.17) is 14.2 Å². The number of ether oxygens (including phenoxy) is 3. The van der Waals surface area contributed by atoms with Crippen LogP contribution in [0.15, 0.2) is 0 Å². The van der Waals surface area contributed by atoms with Gasteiger partial charge in [0.1, 0.15) is 6.61 Å². The first-order valence-electron chi connectivity index (χ1n) is 9.15. The quantitative estimate of drug-likeness (QED) is 0.389. The molecule has 8 heteroatoms. The van der Waals surface area contributed by atoms with Gasteiger partial charge in [-0.3, -0.25) is 14.4 Å². The number of hydrogen-bond donors (Lipinski definition) is 2. The number of nitrogens with one attached hydrogen (secondary N) is 2. The Morgan fingerprint density at radius 1 is 0.769 bits per heavy atom. The van der Waals surface area contributed by atoms with Crippen molar-refractivity contribution in [3.05, 3.63) is 0 Å². The van der Waals surface area contributed by atoms with E-state index in [0.29, 0.717) is 46.1 Å². The number of amides is 2. The van der Waals surface area contributed by atoms with Gasteiger partial charge in [-0.2, -0.15) is 0 Å². The molecule has 0 heterocycles. The standard InChI is InChI=1S/C18H34N2O6.2H2/c1-14(2)16(21)13-26-10-6-19-17(22)5-8-24-11-12-25-9-7-20-18(23)15(3)4;;/h14-15H,5-13H2,1-4H3,(H,19,22)(H,20,23);2*1H. The highest BCUT2D eigenvalue weighted by Gasteiger charge is 2.07. The zero-order chi connectivity index (χ0) is 19.8. The predicted molar refractivity (Wildman–Crippen MR) is 102 cm³/mol. The lowest BCUT2D eigenvalue weighted by Gasteiger charge is -2.09. The predicted octanol–water partition coefficient (Wildman–Crippen LogP) is 1.03. The van der Waals surface area contributed by atoms with Gasteiger partial charge in [-0.15, -0.1) is 0 Å². The highest BCUT2D eigenvalue weighted by atomic mass is 16.5. The third kappa shape index (κ3) is 14.8. The van der Waals surface area contributed by atoms with Crippen LogP contribution in [0.2, 0.25) is 0 Å². The van der Waals surface area contributed by atoms with E-state index in [-0.39, 0.29) is 45.3 Å². The van der Waals surface area contributed by atoms with E-state index in [2.05, 4.69) is 10.6 Å². The maximum atomic E-state index is 11.6. The summed E-state index contributed by atoms with van der Waals surface area (Å²) in [6.07, 6.45) is 0.259. The Morgan fingerprint density at radius 2 is 1.35 bits per heavy atom. The minimum atomic E-state index is -0.124. The van der Waals surface area contributed by atoms with Crippen LogP contribution in [-0.2, 0) is 28.6 Å². The summed E-state index contributed by atoms with van der Waals surface area (Å²) < 4.78 is 15.8. The molecule has 156 valence electrons. The number of rotatable bonds is 16. The zero-order valence-corrected chi connectivity index (χ0v) is 16.5. The van der Waals surface area contributed by atoms with Crippen molar-refractivity contribution in [3.8, 4) is 0 Å². The van der Waals surface area contributed by atoms with E-state index in [0.717, 1.165) is 0 Å². The summed E-state index contributed by atoms with van der Waals surface area (Å²) in [7, 11) is 0. The van der Waals surface area contributed by atoms with Gasteiger partial charge in [-0.05, 0) is 0 Å². The third-order valence-electron chi connectivity index (χ3n) is 3.37. The second-order valence-corrected chi connectivity index (χ2v) is 6.44. The van der Waals surface area contributed by atoms with Gasteiger partial charge in [-0.25, -0.2) is 0 Å². The van der Waals surface area contributed by atoms with Crippen molar-refractivity contribution in [1.82, 2.24) is 10.6 Å². The fourth-order valence-electron chi connectivity index (χ4n) is 1.63. The van der Waals surface area contributed by atoms with E-state index in [1.165, 1.54) is 0 Å². The summed E-state index contributed by atoms with van der Waals surface area (Å²) >= 11 is 0.